The van der Waals surface area contributed by atoms with Crippen LogP contribution >= 0.6 is 0 Å². The smallest absolute Gasteiger partial charge is 0.258 e. The molecular formula is C20H27N2O2+. The Kier molecular flexibility index (Phi) is 5.70. The number of piperidine rings is 1. The number of rotatable bonds is 6. The largest absolute Gasteiger partial charge is 0.484 e. The molecule has 2 N–H and O–H groups in total. The number of likely N-dealkylation sites (tertiary alicyclic amines) is 1. The van der Waals surface area contributed by atoms with Crippen molar-refractivity contribution in [1.82, 2.24) is 5.32 Å². The third kappa shape index (κ3) is 4.48. The van der Waals surface area contributed by atoms with Gasteiger partial charge in [-0.3, -0.25) is 4.79 Å². The lowest BCUT2D eigenvalue weighted by Gasteiger charge is -2.29. The number of benzene rings is 2. The molecule has 0 atom stereocenters. The Morgan fingerprint density at radius 1 is 1.17 bits per heavy atom. The number of hydrogen-bond donors (Lipinski definition) is 2. The van der Waals surface area contributed by atoms with E-state index in [0.717, 1.165) is 37.1 Å². The summed E-state index contributed by atoms with van der Waals surface area (Å²) in [4.78, 5) is 13.8. The minimum Gasteiger partial charge on any atom is -0.484 e. The predicted molar refractivity (Wildman–Crippen MR) is 96.5 cm³/mol. The van der Waals surface area contributed by atoms with Crippen LogP contribution in [0, 0.1) is 0 Å². The van der Waals surface area contributed by atoms with Gasteiger partial charge in [-0.25, -0.2) is 0 Å². The van der Waals surface area contributed by atoms with Crippen molar-refractivity contribution in [3.63, 3.8) is 0 Å². The molecule has 0 aliphatic carbocycles. The van der Waals surface area contributed by atoms with E-state index in [1.54, 1.807) is 4.90 Å². The van der Waals surface area contributed by atoms with Gasteiger partial charge in [-0.1, -0.05) is 37.3 Å². The normalized spacial score (nSPS) is 20.7. The monoisotopic (exact) mass is 327 g/mol. The Bertz CT molecular complexity index is 678. The van der Waals surface area contributed by atoms with Crippen LogP contribution in [0.3, 0.4) is 0 Å². The minimum atomic E-state index is -0.0212. The molecular weight excluding hydrogens is 300 g/mol. The maximum absolute atomic E-state index is 12.1. The molecule has 0 radical (unpaired) electrons. The Morgan fingerprint density at radius 2 is 1.92 bits per heavy atom. The third-order valence-electron chi connectivity index (χ3n) is 4.75. The SMILES string of the molecule is CCC[NH+]1CCC(NC(=O)COc2ccc3ccccc3c2)CC1. The van der Waals surface area contributed by atoms with Gasteiger partial charge in [0, 0.05) is 18.9 Å². The molecule has 0 saturated carbocycles. The second-order valence-corrected chi connectivity index (χ2v) is 6.64. The summed E-state index contributed by atoms with van der Waals surface area (Å²) in [5.41, 5.74) is 0. The van der Waals surface area contributed by atoms with E-state index in [1.807, 2.05) is 30.3 Å². The number of carbonyl (C=O) groups excluding carboxylic acids is 1. The molecule has 4 heteroatoms. The molecule has 0 aromatic heterocycles. The van der Waals surface area contributed by atoms with Gasteiger partial charge < -0.3 is 15.0 Å². The number of nitrogens with one attached hydrogen (secondary N) is 2. The molecule has 2 aromatic rings. The zero-order valence-corrected chi connectivity index (χ0v) is 14.4. The average molecular weight is 327 g/mol. The second kappa shape index (κ2) is 8.15. The molecule has 3 rings (SSSR count). The topological polar surface area (TPSA) is 42.8 Å². The minimum absolute atomic E-state index is 0.0212. The Morgan fingerprint density at radius 3 is 2.67 bits per heavy atom. The summed E-state index contributed by atoms with van der Waals surface area (Å²) in [5, 5.41) is 5.41. The van der Waals surface area contributed by atoms with Crippen LogP contribution in [-0.4, -0.2) is 38.2 Å². The van der Waals surface area contributed by atoms with E-state index in [9.17, 15) is 4.79 Å². The Balaban J connectivity index is 1.45. The van der Waals surface area contributed by atoms with Gasteiger partial charge in [0.1, 0.15) is 5.75 Å². The van der Waals surface area contributed by atoms with Crippen LogP contribution in [0.5, 0.6) is 5.75 Å². The van der Waals surface area contributed by atoms with Gasteiger partial charge in [0.05, 0.1) is 19.6 Å². The highest BCUT2D eigenvalue weighted by Gasteiger charge is 2.22. The van der Waals surface area contributed by atoms with Crippen molar-refractivity contribution in [2.75, 3.05) is 26.2 Å². The molecule has 1 heterocycles. The van der Waals surface area contributed by atoms with E-state index in [1.165, 1.54) is 18.4 Å². The van der Waals surface area contributed by atoms with Crippen molar-refractivity contribution in [2.24, 2.45) is 0 Å². The summed E-state index contributed by atoms with van der Waals surface area (Å²) in [6, 6.07) is 14.4. The van der Waals surface area contributed by atoms with Crippen LogP contribution in [0.4, 0.5) is 0 Å². The van der Waals surface area contributed by atoms with E-state index in [-0.39, 0.29) is 12.5 Å². The lowest BCUT2D eigenvalue weighted by Crippen LogP contribution is -3.13. The molecule has 1 amide bonds. The summed E-state index contributed by atoms with van der Waals surface area (Å²) in [5.74, 6) is 0.721. The molecule has 0 bridgehead atoms. The third-order valence-corrected chi connectivity index (χ3v) is 4.75. The van der Waals surface area contributed by atoms with E-state index < -0.39 is 0 Å². The molecule has 0 unspecified atom stereocenters. The Hall–Kier alpha value is -2.07. The number of amides is 1. The highest BCUT2D eigenvalue weighted by molar-refractivity contribution is 5.84. The van der Waals surface area contributed by atoms with Gasteiger partial charge in [-0.2, -0.15) is 0 Å². The molecule has 24 heavy (non-hydrogen) atoms. The van der Waals surface area contributed by atoms with Crippen molar-refractivity contribution in [1.29, 1.82) is 0 Å². The first kappa shape index (κ1) is 16.8. The summed E-state index contributed by atoms with van der Waals surface area (Å²) < 4.78 is 5.66. The molecule has 0 spiro atoms. The van der Waals surface area contributed by atoms with Crippen LogP contribution in [0.1, 0.15) is 26.2 Å². The lowest BCUT2D eigenvalue weighted by atomic mass is 10.0. The van der Waals surface area contributed by atoms with Crippen molar-refractivity contribution in [2.45, 2.75) is 32.2 Å². The summed E-state index contributed by atoms with van der Waals surface area (Å²) in [6.45, 7) is 5.87. The van der Waals surface area contributed by atoms with Crippen molar-refractivity contribution >= 4 is 16.7 Å². The van der Waals surface area contributed by atoms with Gasteiger partial charge in [0.15, 0.2) is 6.61 Å². The molecule has 4 nitrogen and oxygen atoms in total. The fourth-order valence-electron chi connectivity index (χ4n) is 3.45. The van der Waals surface area contributed by atoms with Gasteiger partial charge >= 0.3 is 0 Å². The van der Waals surface area contributed by atoms with E-state index in [4.69, 9.17) is 4.74 Å². The first-order valence-electron chi connectivity index (χ1n) is 8.99. The highest BCUT2D eigenvalue weighted by Crippen LogP contribution is 2.20. The number of ether oxygens (including phenoxy) is 1. The summed E-state index contributed by atoms with van der Waals surface area (Å²) >= 11 is 0. The van der Waals surface area contributed by atoms with Crippen molar-refractivity contribution in [3.8, 4) is 5.75 Å². The molecule has 128 valence electrons. The van der Waals surface area contributed by atoms with Gasteiger partial charge in [-0.05, 0) is 29.3 Å². The molecule has 1 aliphatic rings. The summed E-state index contributed by atoms with van der Waals surface area (Å²) in [7, 11) is 0. The van der Waals surface area contributed by atoms with Crippen LogP contribution in [-0.2, 0) is 4.79 Å². The van der Waals surface area contributed by atoms with E-state index in [0.29, 0.717) is 6.04 Å². The van der Waals surface area contributed by atoms with Gasteiger partial charge in [-0.15, -0.1) is 0 Å². The van der Waals surface area contributed by atoms with E-state index in [2.05, 4.69) is 24.4 Å². The zero-order chi connectivity index (χ0) is 16.8. The summed E-state index contributed by atoms with van der Waals surface area (Å²) in [6.07, 6.45) is 3.36. The number of hydrogen-bond acceptors (Lipinski definition) is 2. The highest BCUT2D eigenvalue weighted by atomic mass is 16.5. The number of fused-ring (bicyclic) bond motifs is 1. The van der Waals surface area contributed by atoms with Crippen molar-refractivity contribution in [3.05, 3.63) is 42.5 Å². The Labute approximate surface area is 143 Å². The van der Waals surface area contributed by atoms with Crippen LogP contribution < -0.4 is 15.0 Å². The first-order valence-corrected chi connectivity index (χ1v) is 8.99. The van der Waals surface area contributed by atoms with Crippen LogP contribution in [0.15, 0.2) is 42.5 Å². The maximum Gasteiger partial charge on any atom is 0.258 e. The fraction of sp³-hybridized carbons (Fsp3) is 0.450. The first-order chi connectivity index (χ1) is 11.7. The zero-order valence-electron chi connectivity index (χ0n) is 14.4. The van der Waals surface area contributed by atoms with Gasteiger partial charge in [0.25, 0.3) is 5.91 Å². The standard InChI is InChI=1S/C20H26N2O2/c1-2-11-22-12-9-18(10-13-22)21-20(23)15-24-19-8-7-16-5-3-4-6-17(16)14-19/h3-8,14,18H,2,9-13,15H2,1H3,(H,21,23)/p+1. The van der Waals surface area contributed by atoms with E-state index >= 15 is 0 Å². The molecule has 1 saturated heterocycles. The van der Waals surface area contributed by atoms with Crippen LogP contribution in [0.25, 0.3) is 10.8 Å². The fourth-order valence-corrected chi connectivity index (χ4v) is 3.45. The number of carbonyl (C=O) groups is 1. The quantitative estimate of drug-likeness (QED) is 0.849. The number of quaternary nitrogens is 1. The lowest BCUT2D eigenvalue weighted by molar-refractivity contribution is -0.905. The average Bonchev–Trinajstić information content (AvgIpc) is 2.62. The van der Waals surface area contributed by atoms with Crippen molar-refractivity contribution < 1.29 is 14.4 Å². The van der Waals surface area contributed by atoms with Gasteiger partial charge in [0.2, 0.25) is 0 Å². The van der Waals surface area contributed by atoms with Crippen LogP contribution in [0.2, 0.25) is 0 Å². The predicted octanol–water partition coefficient (Wildman–Crippen LogP) is 1.79. The molecule has 1 aliphatic heterocycles. The second-order valence-electron chi connectivity index (χ2n) is 6.64. The maximum atomic E-state index is 12.1. The molecule has 2 aromatic carbocycles. The molecule has 1 fully saturated rings.